The Morgan fingerprint density at radius 3 is 2.67 bits per heavy atom. The van der Waals surface area contributed by atoms with Crippen molar-refractivity contribution in [2.24, 2.45) is 0 Å². The highest BCUT2D eigenvalue weighted by Crippen LogP contribution is 2.29. The number of thiophene rings is 1. The summed E-state index contributed by atoms with van der Waals surface area (Å²) in [4.78, 5) is 22.3. The molecule has 1 saturated heterocycles. The molecule has 0 amide bonds. The lowest BCUT2D eigenvalue weighted by Gasteiger charge is -2.26. The van der Waals surface area contributed by atoms with E-state index in [-0.39, 0.29) is 11.6 Å². The van der Waals surface area contributed by atoms with E-state index in [9.17, 15) is 4.79 Å². The van der Waals surface area contributed by atoms with Gasteiger partial charge in [-0.1, -0.05) is 11.8 Å². The molecular weight excluding hydrogens is 342 g/mol. The minimum atomic E-state index is 0.103. The Bertz CT molecular complexity index is 776. The number of fused-ring (bicyclic) bond motifs is 1. The number of aromatic nitrogens is 2. The Kier molecular flexibility index (Phi) is 5.64. The highest BCUT2D eigenvalue weighted by atomic mass is 32.2. The molecule has 0 radical (unpaired) electrons. The lowest BCUT2D eigenvalue weighted by molar-refractivity contribution is 0.0410. The van der Waals surface area contributed by atoms with Crippen LogP contribution in [-0.2, 0) is 4.74 Å². The molecule has 5 nitrogen and oxygen atoms in total. The molecule has 0 bridgehead atoms. The summed E-state index contributed by atoms with van der Waals surface area (Å²) in [6, 6.07) is 0.111. The van der Waals surface area contributed by atoms with E-state index >= 15 is 0 Å². The number of thioether (sulfide) groups is 1. The van der Waals surface area contributed by atoms with Crippen molar-refractivity contribution < 1.29 is 4.74 Å². The summed E-state index contributed by atoms with van der Waals surface area (Å²) in [6.45, 7) is 12.8. The molecule has 3 heterocycles. The number of ether oxygens (including phenoxy) is 1. The molecule has 0 atom stereocenters. The van der Waals surface area contributed by atoms with Crippen LogP contribution in [0.5, 0.6) is 0 Å². The average Bonchev–Trinajstić information content (AvgIpc) is 2.83. The van der Waals surface area contributed by atoms with Crippen LogP contribution in [0, 0.1) is 13.8 Å². The molecule has 0 aromatic carbocycles. The Labute approximate surface area is 151 Å². The van der Waals surface area contributed by atoms with Crippen LogP contribution < -0.4 is 5.56 Å². The van der Waals surface area contributed by atoms with Gasteiger partial charge in [-0.3, -0.25) is 14.3 Å². The predicted molar refractivity (Wildman–Crippen MR) is 102 cm³/mol. The summed E-state index contributed by atoms with van der Waals surface area (Å²) in [7, 11) is 0. The molecule has 2 aromatic heterocycles. The minimum Gasteiger partial charge on any atom is -0.379 e. The maximum atomic E-state index is 13.0. The van der Waals surface area contributed by atoms with Crippen molar-refractivity contribution in [3.8, 4) is 0 Å². The van der Waals surface area contributed by atoms with Gasteiger partial charge in [0, 0.05) is 36.3 Å². The van der Waals surface area contributed by atoms with E-state index in [1.165, 1.54) is 4.88 Å². The first-order valence-corrected chi connectivity index (χ1v) is 10.2. The first-order chi connectivity index (χ1) is 11.5. The molecule has 2 aromatic rings. The number of rotatable bonds is 5. The van der Waals surface area contributed by atoms with Crippen LogP contribution in [0.15, 0.2) is 9.95 Å². The third-order valence-electron chi connectivity index (χ3n) is 4.46. The molecule has 7 heteroatoms. The van der Waals surface area contributed by atoms with Crippen LogP contribution in [0.2, 0.25) is 0 Å². The van der Waals surface area contributed by atoms with Gasteiger partial charge in [-0.15, -0.1) is 11.3 Å². The number of nitrogens with zero attached hydrogens (tertiary/aromatic N) is 3. The fraction of sp³-hybridized carbons (Fsp3) is 0.647. The van der Waals surface area contributed by atoms with Crippen LogP contribution in [0.3, 0.4) is 0 Å². The quantitative estimate of drug-likeness (QED) is 0.600. The van der Waals surface area contributed by atoms with Gasteiger partial charge in [-0.25, -0.2) is 4.98 Å². The maximum Gasteiger partial charge on any atom is 0.263 e. The molecule has 0 aliphatic carbocycles. The van der Waals surface area contributed by atoms with Crippen molar-refractivity contribution in [1.82, 2.24) is 14.5 Å². The average molecular weight is 368 g/mol. The van der Waals surface area contributed by atoms with E-state index in [0.717, 1.165) is 59.5 Å². The largest absolute Gasteiger partial charge is 0.379 e. The van der Waals surface area contributed by atoms with Crippen LogP contribution in [0.1, 0.15) is 30.3 Å². The Balaban J connectivity index is 1.86. The van der Waals surface area contributed by atoms with E-state index in [1.54, 1.807) is 23.1 Å². The zero-order valence-corrected chi connectivity index (χ0v) is 16.4. The summed E-state index contributed by atoms with van der Waals surface area (Å²) in [5.74, 6) is 0.938. The van der Waals surface area contributed by atoms with E-state index in [4.69, 9.17) is 9.72 Å². The van der Waals surface area contributed by atoms with Crippen molar-refractivity contribution in [3.63, 3.8) is 0 Å². The van der Waals surface area contributed by atoms with Crippen molar-refractivity contribution in [2.75, 3.05) is 38.6 Å². The molecule has 0 saturated carbocycles. The fourth-order valence-corrected chi connectivity index (χ4v) is 5.13. The van der Waals surface area contributed by atoms with Crippen molar-refractivity contribution in [3.05, 3.63) is 20.8 Å². The number of aryl methyl sites for hydroxylation is 2. The van der Waals surface area contributed by atoms with Gasteiger partial charge in [-0.05, 0) is 33.3 Å². The van der Waals surface area contributed by atoms with Crippen molar-refractivity contribution >= 4 is 33.3 Å². The monoisotopic (exact) mass is 367 g/mol. The van der Waals surface area contributed by atoms with Crippen LogP contribution >= 0.6 is 23.1 Å². The van der Waals surface area contributed by atoms with Gasteiger partial charge in [0.05, 0.1) is 18.6 Å². The molecular formula is C17H25N3O2S2. The number of morpholine rings is 1. The highest BCUT2D eigenvalue weighted by Gasteiger charge is 2.18. The summed E-state index contributed by atoms with van der Waals surface area (Å²) >= 11 is 3.31. The molecule has 0 unspecified atom stereocenters. The molecule has 1 aliphatic heterocycles. The van der Waals surface area contributed by atoms with Gasteiger partial charge in [-0.2, -0.15) is 0 Å². The van der Waals surface area contributed by atoms with Gasteiger partial charge in [0.25, 0.3) is 5.56 Å². The zero-order chi connectivity index (χ0) is 17.3. The second-order valence-electron chi connectivity index (χ2n) is 6.43. The van der Waals surface area contributed by atoms with Gasteiger partial charge >= 0.3 is 0 Å². The third-order valence-corrected chi connectivity index (χ3v) is 6.50. The molecule has 3 rings (SSSR count). The standard InChI is InChI=1S/C17H25N3O2S2/c1-11(2)20-16(21)14-12(3)13(4)24-15(14)18-17(20)23-10-7-19-5-8-22-9-6-19/h11H,5-10H2,1-4H3. The first kappa shape index (κ1) is 17.9. The number of hydrogen-bond acceptors (Lipinski definition) is 6. The predicted octanol–water partition coefficient (Wildman–Crippen LogP) is 3.08. The van der Waals surface area contributed by atoms with E-state index < -0.39 is 0 Å². The highest BCUT2D eigenvalue weighted by molar-refractivity contribution is 7.99. The second kappa shape index (κ2) is 7.56. The van der Waals surface area contributed by atoms with Crippen molar-refractivity contribution in [2.45, 2.75) is 38.9 Å². The second-order valence-corrected chi connectivity index (χ2v) is 8.69. The molecule has 24 heavy (non-hydrogen) atoms. The summed E-state index contributed by atoms with van der Waals surface area (Å²) < 4.78 is 7.24. The van der Waals surface area contributed by atoms with E-state index in [1.807, 2.05) is 11.5 Å². The maximum absolute atomic E-state index is 13.0. The van der Waals surface area contributed by atoms with Gasteiger partial charge < -0.3 is 4.74 Å². The SMILES string of the molecule is Cc1sc2nc(SCCN3CCOCC3)n(C(C)C)c(=O)c2c1C. The topological polar surface area (TPSA) is 47.4 Å². The first-order valence-electron chi connectivity index (χ1n) is 8.44. The lowest BCUT2D eigenvalue weighted by Crippen LogP contribution is -2.37. The Morgan fingerprint density at radius 1 is 1.29 bits per heavy atom. The van der Waals surface area contributed by atoms with E-state index in [0.29, 0.717) is 0 Å². The lowest BCUT2D eigenvalue weighted by atomic mass is 10.2. The normalized spacial score (nSPS) is 16.4. The Hall–Kier alpha value is -0.890. The minimum absolute atomic E-state index is 0.103. The zero-order valence-electron chi connectivity index (χ0n) is 14.8. The molecule has 1 fully saturated rings. The summed E-state index contributed by atoms with van der Waals surface area (Å²) in [5.41, 5.74) is 1.18. The molecule has 0 N–H and O–H groups in total. The summed E-state index contributed by atoms with van der Waals surface area (Å²) in [5, 5.41) is 1.64. The van der Waals surface area contributed by atoms with Gasteiger partial charge in [0.1, 0.15) is 4.83 Å². The number of hydrogen-bond donors (Lipinski definition) is 0. The Morgan fingerprint density at radius 2 is 2.00 bits per heavy atom. The van der Waals surface area contributed by atoms with Crippen LogP contribution in [0.4, 0.5) is 0 Å². The molecule has 0 spiro atoms. The smallest absolute Gasteiger partial charge is 0.263 e. The molecule has 1 aliphatic rings. The van der Waals surface area contributed by atoms with E-state index in [2.05, 4.69) is 25.7 Å². The van der Waals surface area contributed by atoms with Gasteiger partial charge in [0.15, 0.2) is 5.16 Å². The molecule has 132 valence electrons. The van der Waals surface area contributed by atoms with Crippen molar-refractivity contribution in [1.29, 1.82) is 0 Å². The summed E-state index contributed by atoms with van der Waals surface area (Å²) in [6.07, 6.45) is 0. The fourth-order valence-electron chi connectivity index (χ4n) is 2.94. The van der Waals surface area contributed by atoms with Gasteiger partial charge in [0.2, 0.25) is 0 Å². The van der Waals surface area contributed by atoms with Crippen LogP contribution in [-0.4, -0.2) is 53.1 Å². The third kappa shape index (κ3) is 3.54. The van der Waals surface area contributed by atoms with Crippen LogP contribution in [0.25, 0.3) is 10.2 Å².